The Bertz CT molecular complexity index is 1320. The smallest absolute Gasteiger partial charge is 0.356 e. The number of pyridine rings is 1. The van der Waals surface area contributed by atoms with Gasteiger partial charge in [0.15, 0.2) is 17.2 Å². The fraction of sp³-hybridized carbons (Fsp3) is 0.348. The van der Waals surface area contributed by atoms with Crippen LogP contribution in [-0.4, -0.2) is 51.3 Å². The number of ether oxygens (including phenoxy) is 1. The molecule has 2 aliphatic rings. The number of rotatable bonds is 5. The molecule has 1 aromatic carbocycles. The molecule has 2 aromatic heterocycles. The lowest BCUT2D eigenvalue weighted by molar-refractivity contribution is 0.0691. The maximum atomic E-state index is 11.7. The number of carbonyl (C=O) groups is 1. The van der Waals surface area contributed by atoms with E-state index in [1.807, 2.05) is 26.0 Å². The van der Waals surface area contributed by atoms with Crippen LogP contribution in [-0.2, 0) is 4.74 Å². The topological polar surface area (TPSA) is 124 Å². The molecule has 9 nitrogen and oxygen atoms in total. The van der Waals surface area contributed by atoms with E-state index >= 15 is 0 Å². The largest absolute Gasteiger partial charge is 0.476 e. The molecule has 168 valence electrons. The van der Waals surface area contributed by atoms with Crippen molar-refractivity contribution in [1.82, 2.24) is 15.0 Å². The summed E-state index contributed by atoms with van der Waals surface area (Å²) in [5, 5.41) is 22.6. The van der Waals surface area contributed by atoms with Gasteiger partial charge in [-0.15, -0.1) is 0 Å². The number of carboxylic acid groups (broad SMARTS) is 1. The lowest BCUT2D eigenvalue weighted by atomic mass is 10.0. The molecular weight excluding hydrogens is 444 g/mol. The van der Waals surface area contributed by atoms with Gasteiger partial charge in [0, 0.05) is 12.1 Å². The summed E-state index contributed by atoms with van der Waals surface area (Å²) in [5.41, 5.74) is 3.57. The molecule has 0 unspecified atom stereocenters. The standard InChI is InChI=1S/C23H21ClN6O3/c1-11-7-13(12(2)26-14-3-4-19(24)28-21(14)23(31)32)20-15(8-11)27-16(10-25)22(29-20)30-5-6-33-18-9-17(18)30/h3-4,7-8,12,17-18,26H,5-6,9H2,1-2H3,(H,31,32)/t12-,17-,18+/m1/s1. The molecule has 0 spiro atoms. The molecule has 2 fully saturated rings. The zero-order valence-electron chi connectivity index (χ0n) is 18.0. The van der Waals surface area contributed by atoms with Gasteiger partial charge in [-0.3, -0.25) is 0 Å². The second-order valence-electron chi connectivity index (χ2n) is 8.34. The third-order valence-electron chi connectivity index (χ3n) is 5.97. The summed E-state index contributed by atoms with van der Waals surface area (Å²) >= 11 is 5.89. The molecule has 1 saturated carbocycles. The Morgan fingerprint density at radius 1 is 1.36 bits per heavy atom. The maximum Gasteiger partial charge on any atom is 0.356 e. The molecule has 2 N–H and O–H groups in total. The molecular formula is C23H21ClN6O3. The summed E-state index contributed by atoms with van der Waals surface area (Å²) in [6.45, 7) is 5.11. The molecule has 5 rings (SSSR count). The summed E-state index contributed by atoms with van der Waals surface area (Å²) < 4.78 is 5.70. The van der Waals surface area contributed by atoms with E-state index in [4.69, 9.17) is 21.3 Å². The van der Waals surface area contributed by atoms with Gasteiger partial charge in [-0.2, -0.15) is 5.26 Å². The summed E-state index contributed by atoms with van der Waals surface area (Å²) in [7, 11) is 0. The van der Waals surface area contributed by atoms with Crippen LogP contribution in [0.3, 0.4) is 0 Å². The zero-order valence-corrected chi connectivity index (χ0v) is 18.8. The van der Waals surface area contributed by atoms with Gasteiger partial charge in [-0.1, -0.05) is 17.7 Å². The fourth-order valence-electron chi connectivity index (χ4n) is 4.35. The minimum absolute atomic E-state index is 0.107. The number of fused-ring (bicyclic) bond motifs is 2. The number of morpholine rings is 1. The molecule has 3 atom stereocenters. The van der Waals surface area contributed by atoms with Crippen LogP contribution in [0.15, 0.2) is 24.3 Å². The van der Waals surface area contributed by atoms with Crippen LogP contribution < -0.4 is 10.2 Å². The number of halogens is 1. The predicted octanol–water partition coefficient (Wildman–Crippen LogP) is 3.71. The van der Waals surface area contributed by atoms with E-state index in [-0.39, 0.29) is 29.0 Å². The summed E-state index contributed by atoms with van der Waals surface area (Å²) in [5.74, 6) is -0.606. The van der Waals surface area contributed by atoms with Gasteiger partial charge >= 0.3 is 5.97 Å². The van der Waals surface area contributed by atoms with Gasteiger partial charge in [0.1, 0.15) is 11.2 Å². The Morgan fingerprint density at radius 3 is 2.94 bits per heavy atom. The van der Waals surface area contributed by atoms with Crippen molar-refractivity contribution in [3.05, 3.63) is 51.9 Å². The van der Waals surface area contributed by atoms with Crippen molar-refractivity contribution >= 4 is 40.1 Å². The number of hydrogen-bond donors (Lipinski definition) is 2. The number of benzene rings is 1. The second-order valence-corrected chi connectivity index (χ2v) is 8.72. The molecule has 1 aliphatic heterocycles. The molecule has 0 bridgehead atoms. The molecule has 1 saturated heterocycles. The number of aryl methyl sites for hydroxylation is 1. The number of nitriles is 1. The first kappa shape index (κ1) is 21.4. The predicted molar refractivity (Wildman–Crippen MR) is 123 cm³/mol. The van der Waals surface area contributed by atoms with Crippen molar-refractivity contribution in [2.24, 2.45) is 0 Å². The van der Waals surface area contributed by atoms with Gasteiger partial charge in [-0.05, 0) is 44.0 Å². The molecule has 0 radical (unpaired) electrons. The highest BCUT2D eigenvalue weighted by atomic mass is 35.5. The first-order valence-corrected chi connectivity index (χ1v) is 11.0. The van der Waals surface area contributed by atoms with Crippen LogP contribution in [0.5, 0.6) is 0 Å². The number of hydrogen-bond acceptors (Lipinski definition) is 8. The molecule has 3 heterocycles. The Kier molecular flexibility index (Phi) is 5.27. The highest BCUT2D eigenvalue weighted by Gasteiger charge is 2.47. The van der Waals surface area contributed by atoms with Gasteiger partial charge in [0.05, 0.1) is 41.5 Å². The molecule has 33 heavy (non-hydrogen) atoms. The number of nitrogens with zero attached hydrogens (tertiary/aromatic N) is 5. The quantitative estimate of drug-likeness (QED) is 0.543. The number of carboxylic acids is 1. The number of nitrogens with one attached hydrogen (secondary N) is 1. The van der Waals surface area contributed by atoms with Crippen LogP contribution in [0.2, 0.25) is 5.15 Å². The molecule has 3 aromatic rings. The van der Waals surface area contributed by atoms with E-state index < -0.39 is 5.97 Å². The number of anilines is 2. The van der Waals surface area contributed by atoms with Crippen LogP contribution in [0.25, 0.3) is 11.0 Å². The lowest BCUT2D eigenvalue weighted by Crippen LogP contribution is -2.38. The number of aromatic carboxylic acids is 1. The van der Waals surface area contributed by atoms with E-state index in [1.165, 1.54) is 0 Å². The highest BCUT2D eigenvalue weighted by Crippen LogP contribution is 2.39. The average Bonchev–Trinajstić information content (AvgIpc) is 3.58. The molecule has 0 amide bonds. The van der Waals surface area contributed by atoms with Gasteiger partial charge < -0.3 is 20.1 Å². The second kappa shape index (κ2) is 8.14. The zero-order chi connectivity index (χ0) is 23.3. The third kappa shape index (κ3) is 3.92. The Labute approximate surface area is 195 Å². The van der Waals surface area contributed by atoms with Crippen molar-refractivity contribution in [3.8, 4) is 6.07 Å². The summed E-state index contributed by atoms with van der Waals surface area (Å²) in [6, 6.07) is 9.13. The van der Waals surface area contributed by atoms with Crippen LogP contribution in [0, 0.1) is 18.3 Å². The van der Waals surface area contributed by atoms with Gasteiger partial charge in [-0.25, -0.2) is 19.7 Å². The van der Waals surface area contributed by atoms with Crippen molar-refractivity contribution in [2.75, 3.05) is 23.4 Å². The van der Waals surface area contributed by atoms with Gasteiger partial charge in [0.25, 0.3) is 0 Å². The van der Waals surface area contributed by atoms with Crippen molar-refractivity contribution in [3.63, 3.8) is 0 Å². The first-order valence-electron chi connectivity index (χ1n) is 10.6. The van der Waals surface area contributed by atoms with E-state index in [9.17, 15) is 15.2 Å². The summed E-state index contributed by atoms with van der Waals surface area (Å²) in [6.07, 6.45) is 1.11. The summed E-state index contributed by atoms with van der Waals surface area (Å²) in [4.78, 5) is 27.2. The minimum Gasteiger partial charge on any atom is -0.476 e. The van der Waals surface area contributed by atoms with Gasteiger partial charge in [0.2, 0.25) is 0 Å². The third-order valence-corrected chi connectivity index (χ3v) is 6.18. The van der Waals surface area contributed by atoms with Crippen molar-refractivity contribution in [2.45, 2.75) is 38.5 Å². The lowest BCUT2D eigenvalue weighted by Gasteiger charge is -2.28. The van der Waals surface area contributed by atoms with Crippen molar-refractivity contribution < 1.29 is 14.6 Å². The Morgan fingerprint density at radius 2 is 2.18 bits per heavy atom. The fourth-order valence-corrected chi connectivity index (χ4v) is 4.50. The van der Waals surface area contributed by atoms with Crippen LogP contribution >= 0.6 is 11.6 Å². The van der Waals surface area contributed by atoms with E-state index in [2.05, 4.69) is 26.3 Å². The van der Waals surface area contributed by atoms with Crippen LogP contribution in [0.4, 0.5) is 11.5 Å². The normalized spacial score (nSPS) is 20.1. The Balaban J connectivity index is 1.59. The average molecular weight is 465 g/mol. The molecule has 10 heteroatoms. The highest BCUT2D eigenvalue weighted by molar-refractivity contribution is 6.29. The SMILES string of the molecule is Cc1cc([C@@H](C)Nc2ccc(Cl)nc2C(=O)O)c2nc(N3CCO[C@H]4C[C@H]43)c(C#N)nc2c1. The minimum atomic E-state index is -1.17. The van der Waals surface area contributed by atoms with E-state index in [0.29, 0.717) is 41.4 Å². The first-order chi connectivity index (χ1) is 15.9. The maximum absolute atomic E-state index is 11.7. The Hall–Kier alpha value is -3.48. The number of aromatic nitrogens is 3. The van der Waals surface area contributed by atoms with E-state index in [1.54, 1.807) is 12.1 Å². The van der Waals surface area contributed by atoms with E-state index in [0.717, 1.165) is 17.5 Å². The van der Waals surface area contributed by atoms with Crippen LogP contribution in [0.1, 0.15) is 46.7 Å². The monoisotopic (exact) mass is 464 g/mol. The van der Waals surface area contributed by atoms with Crippen molar-refractivity contribution in [1.29, 1.82) is 5.26 Å². The molecule has 1 aliphatic carbocycles.